The Morgan fingerprint density at radius 3 is 2.86 bits per heavy atom. The molecule has 0 spiro atoms. The molecule has 0 radical (unpaired) electrons. The van der Waals surface area contributed by atoms with E-state index in [-0.39, 0.29) is 11.4 Å². The van der Waals surface area contributed by atoms with Crippen LogP contribution in [-0.2, 0) is 0 Å². The lowest BCUT2D eigenvalue weighted by atomic mass is 10.3. The van der Waals surface area contributed by atoms with E-state index in [4.69, 9.17) is 0 Å². The Morgan fingerprint density at radius 2 is 2.43 bits per heavy atom. The molecule has 2 rings (SSSR count). The summed E-state index contributed by atoms with van der Waals surface area (Å²) < 4.78 is 1.04. The average molecular weight is 386 g/mol. The summed E-state index contributed by atoms with van der Waals surface area (Å²) in [5.41, 5.74) is 0.0458. The second-order valence-electron chi connectivity index (χ2n) is 3.47. The van der Waals surface area contributed by atoms with Crippen LogP contribution < -0.4 is 5.32 Å². The first-order valence-corrected chi connectivity index (χ1v) is 7.36. The Hall–Kier alpha value is 0.380. The third-order valence-corrected chi connectivity index (χ3v) is 5.56. The van der Waals surface area contributed by atoms with Gasteiger partial charge in [-0.1, -0.05) is 15.9 Å². The summed E-state index contributed by atoms with van der Waals surface area (Å²) >= 11 is 7.12. The molecule has 0 atom stereocenters. The van der Waals surface area contributed by atoms with Gasteiger partial charge in [-0.3, -0.25) is 4.79 Å². The fraction of sp³-hybridized carbons (Fsp3) is 0.444. The smallest absolute Gasteiger partial charge is 0.262 e. The molecule has 1 heterocycles. The van der Waals surface area contributed by atoms with Gasteiger partial charge in [0, 0.05) is 8.90 Å². The van der Waals surface area contributed by atoms with Crippen molar-refractivity contribution in [2.24, 2.45) is 0 Å². The molecule has 1 aliphatic rings. The highest BCUT2D eigenvalue weighted by Crippen LogP contribution is 2.37. The Bertz CT molecular complexity index is 361. The maximum atomic E-state index is 11.8. The van der Waals surface area contributed by atoms with Crippen molar-refractivity contribution in [3.8, 4) is 0 Å². The predicted molar refractivity (Wildman–Crippen MR) is 70.3 cm³/mol. The van der Waals surface area contributed by atoms with Crippen molar-refractivity contribution in [2.75, 3.05) is 5.33 Å². The molecule has 0 bridgehead atoms. The zero-order chi connectivity index (χ0) is 10.2. The SMILES string of the molecule is O=C(NC1(CBr)CC1)c1sccc1I. The number of carbonyl (C=O) groups excluding carboxylic acids is 1. The molecule has 1 amide bonds. The second-order valence-corrected chi connectivity index (χ2v) is 6.10. The summed E-state index contributed by atoms with van der Waals surface area (Å²) in [5, 5.41) is 5.88. The van der Waals surface area contributed by atoms with E-state index < -0.39 is 0 Å². The number of hydrogen-bond acceptors (Lipinski definition) is 2. The Morgan fingerprint density at radius 1 is 1.71 bits per heavy atom. The molecule has 1 aliphatic carbocycles. The quantitative estimate of drug-likeness (QED) is 0.628. The van der Waals surface area contributed by atoms with E-state index in [1.54, 1.807) is 0 Å². The number of thiophene rings is 1. The van der Waals surface area contributed by atoms with Crippen LogP contribution in [0.15, 0.2) is 11.4 Å². The van der Waals surface area contributed by atoms with Crippen molar-refractivity contribution in [1.82, 2.24) is 5.32 Å². The maximum absolute atomic E-state index is 11.8. The summed E-state index contributed by atoms with van der Waals surface area (Å²) in [6, 6.07) is 1.97. The normalized spacial score (nSPS) is 17.9. The van der Waals surface area contributed by atoms with Crippen LogP contribution in [0.5, 0.6) is 0 Å². The van der Waals surface area contributed by atoms with E-state index in [2.05, 4.69) is 43.8 Å². The second kappa shape index (κ2) is 4.09. The summed E-state index contributed by atoms with van der Waals surface area (Å²) in [4.78, 5) is 12.6. The first-order valence-electron chi connectivity index (χ1n) is 4.28. The van der Waals surface area contributed by atoms with Crippen LogP contribution in [-0.4, -0.2) is 16.8 Å². The average Bonchev–Trinajstić information content (AvgIpc) is 2.80. The van der Waals surface area contributed by atoms with Crippen LogP contribution in [0.4, 0.5) is 0 Å². The standard InChI is InChI=1S/C9H9BrINOS/c10-5-9(2-3-9)12-8(13)7-6(11)1-4-14-7/h1,4H,2-3,5H2,(H,12,13). The third kappa shape index (κ3) is 2.14. The number of hydrogen-bond donors (Lipinski definition) is 1. The largest absolute Gasteiger partial charge is 0.345 e. The highest BCUT2D eigenvalue weighted by atomic mass is 127. The molecular weight excluding hydrogens is 377 g/mol. The lowest BCUT2D eigenvalue weighted by Gasteiger charge is -2.13. The first kappa shape index (κ1) is 10.9. The predicted octanol–water partition coefficient (Wildman–Crippen LogP) is 3.01. The molecule has 14 heavy (non-hydrogen) atoms. The molecule has 1 aromatic rings. The van der Waals surface area contributed by atoms with Gasteiger partial charge in [-0.25, -0.2) is 0 Å². The summed E-state index contributed by atoms with van der Waals surface area (Å²) in [7, 11) is 0. The van der Waals surface area contributed by atoms with Crippen LogP contribution in [0, 0.1) is 3.57 Å². The topological polar surface area (TPSA) is 29.1 Å². The molecule has 0 aliphatic heterocycles. The molecular formula is C9H9BrINOS. The molecule has 1 N–H and O–H groups in total. The maximum Gasteiger partial charge on any atom is 0.262 e. The Labute approximate surface area is 109 Å². The van der Waals surface area contributed by atoms with Crippen molar-refractivity contribution in [1.29, 1.82) is 0 Å². The third-order valence-electron chi connectivity index (χ3n) is 2.31. The van der Waals surface area contributed by atoms with Gasteiger partial charge < -0.3 is 5.32 Å². The Balaban J connectivity index is 2.07. The zero-order valence-electron chi connectivity index (χ0n) is 7.35. The summed E-state index contributed by atoms with van der Waals surface area (Å²) in [6.07, 6.45) is 2.18. The van der Waals surface area contributed by atoms with E-state index >= 15 is 0 Å². The molecule has 0 aromatic carbocycles. The lowest BCUT2D eigenvalue weighted by molar-refractivity contribution is 0.0940. The lowest BCUT2D eigenvalue weighted by Crippen LogP contribution is -2.37. The van der Waals surface area contributed by atoms with Crippen LogP contribution in [0.3, 0.4) is 0 Å². The fourth-order valence-corrected chi connectivity index (χ4v) is 3.63. The van der Waals surface area contributed by atoms with Crippen molar-refractivity contribution in [3.05, 3.63) is 19.9 Å². The monoisotopic (exact) mass is 385 g/mol. The van der Waals surface area contributed by atoms with Crippen molar-refractivity contribution in [3.63, 3.8) is 0 Å². The van der Waals surface area contributed by atoms with Gasteiger partial charge in [0.1, 0.15) is 4.88 Å². The number of rotatable bonds is 3. The van der Waals surface area contributed by atoms with Gasteiger partial charge in [0.05, 0.1) is 5.54 Å². The number of halogens is 2. The van der Waals surface area contributed by atoms with Crippen molar-refractivity contribution < 1.29 is 4.79 Å². The van der Waals surface area contributed by atoms with Gasteiger partial charge >= 0.3 is 0 Å². The number of amides is 1. The van der Waals surface area contributed by atoms with E-state index in [0.29, 0.717) is 0 Å². The van der Waals surface area contributed by atoms with E-state index in [1.165, 1.54) is 11.3 Å². The molecule has 1 aromatic heterocycles. The molecule has 0 unspecified atom stereocenters. The Kier molecular flexibility index (Phi) is 3.18. The summed E-state index contributed by atoms with van der Waals surface area (Å²) in [6.45, 7) is 0. The first-order chi connectivity index (χ1) is 6.67. The van der Waals surface area contributed by atoms with E-state index in [1.807, 2.05) is 11.4 Å². The molecule has 1 saturated carbocycles. The molecule has 0 saturated heterocycles. The number of carbonyl (C=O) groups is 1. The fourth-order valence-electron chi connectivity index (χ4n) is 1.20. The van der Waals surface area contributed by atoms with E-state index in [9.17, 15) is 4.79 Å². The van der Waals surface area contributed by atoms with Crippen LogP contribution in [0.1, 0.15) is 22.5 Å². The van der Waals surface area contributed by atoms with Gasteiger partial charge in [-0.15, -0.1) is 11.3 Å². The van der Waals surface area contributed by atoms with Crippen LogP contribution in [0.25, 0.3) is 0 Å². The number of nitrogens with one attached hydrogen (secondary N) is 1. The van der Waals surface area contributed by atoms with Gasteiger partial charge in [0.15, 0.2) is 0 Å². The number of alkyl halides is 1. The zero-order valence-corrected chi connectivity index (χ0v) is 11.9. The van der Waals surface area contributed by atoms with Crippen molar-refractivity contribution >= 4 is 55.8 Å². The molecule has 76 valence electrons. The van der Waals surface area contributed by atoms with Crippen LogP contribution in [0.2, 0.25) is 0 Å². The molecule has 5 heteroatoms. The molecule has 1 fully saturated rings. The van der Waals surface area contributed by atoms with Gasteiger partial charge in [0.2, 0.25) is 0 Å². The molecule has 2 nitrogen and oxygen atoms in total. The van der Waals surface area contributed by atoms with Gasteiger partial charge in [0.25, 0.3) is 5.91 Å². The van der Waals surface area contributed by atoms with E-state index in [0.717, 1.165) is 26.6 Å². The summed E-state index contributed by atoms with van der Waals surface area (Å²) in [5.74, 6) is 0.0707. The van der Waals surface area contributed by atoms with Gasteiger partial charge in [-0.2, -0.15) is 0 Å². The van der Waals surface area contributed by atoms with Gasteiger partial charge in [-0.05, 0) is 46.9 Å². The highest BCUT2D eigenvalue weighted by Gasteiger charge is 2.43. The van der Waals surface area contributed by atoms with Crippen LogP contribution >= 0.6 is 49.9 Å². The minimum absolute atomic E-state index is 0.0458. The minimum atomic E-state index is 0.0458. The minimum Gasteiger partial charge on any atom is -0.345 e. The highest BCUT2D eigenvalue weighted by molar-refractivity contribution is 14.1. The van der Waals surface area contributed by atoms with Crippen molar-refractivity contribution in [2.45, 2.75) is 18.4 Å².